The highest BCUT2D eigenvalue weighted by molar-refractivity contribution is 5.45. The molecule has 0 saturated carbocycles. The predicted octanol–water partition coefficient (Wildman–Crippen LogP) is 4.36. The molecule has 6 heterocycles. The van der Waals surface area contributed by atoms with Crippen LogP contribution in [-0.2, 0) is 0 Å². The van der Waals surface area contributed by atoms with Gasteiger partial charge in [0.1, 0.15) is 24.7 Å². The van der Waals surface area contributed by atoms with Gasteiger partial charge in [-0.3, -0.25) is 18.7 Å². The monoisotopic (exact) mass is 567 g/mol. The minimum atomic E-state index is -0.104. The molecule has 42 heavy (non-hydrogen) atoms. The van der Waals surface area contributed by atoms with E-state index in [1.807, 2.05) is 27.7 Å². The topological polar surface area (TPSA) is 168 Å². The third kappa shape index (κ3) is 6.06. The first-order chi connectivity index (χ1) is 20.3. The minimum Gasteiger partial charge on any atom is -0.493 e. The van der Waals surface area contributed by atoms with Crippen LogP contribution in [0.5, 0.6) is 23.4 Å². The largest absolute Gasteiger partial charge is 0.493 e. The number of hydrogen-bond donors (Lipinski definition) is 2. The lowest BCUT2D eigenvalue weighted by atomic mass is 10.1. The predicted molar refractivity (Wildman–Crippen MR) is 151 cm³/mol. The van der Waals surface area contributed by atoms with Gasteiger partial charge in [0.15, 0.2) is 5.82 Å². The van der Waals surface area contributed by atoms with Gasteiger partial charge < -0.3 is 14.9 Å². The average Bonchev–Trinajstić information content (AvgIpc) is 3.76. The van der Waals surface area contributed by atoms with E-state index in [4.69, 9.17) is 4.74 Å². The Bertz CT molecular complexity index is 1720. The maximum atomic E-state index is 10.2. The molecule has 0 aliphatic carbocycles. The quantitative estimate of drug-likeness (QED) is 0.281. The van der Waals surface area contributed by atoms with Gasteiger partial charge in [-0.05, 0) is 24.0 Å². The second-order valence-corrected chi connectivity index (χ2v) is 9.66. The Hall–Kier alpha value is -5.66. The zero-order valence-corrected chi connectivity index (χ0v) is 23.4. The summed E-state index contributed by atoms with van der Waals surface area (Å²) in [6, 6.07) is 3.54. The summed E-state index contributed by atoms with van der Waals surface area (Å²) in [6.07, 6.45) is 18.1. The molecule has 0 aromatic carbocycles. The molecule has 14 nitrogen and oxygen atoms in total. The second kappa shape index (κ2) is 12.2. The number of hydrogen-bond acceptors (Lipinski definition) is 11. The zero-order valence-electron chi connectivity index (χ0n) is 23.4. The van der Waals surface area contributed by atoms with Crippen molar-refractivity contribution in [3.63, 3.8) is 0 Å². The maximum Gasteiger partial charge on any atom is 0.241 e. The van der Waals surface area contributed by atoms with Gasteiger partial charge in [0.05, 0.1) is 17.3 Å². The van der Waals surface area contributed by atoms with Crippen molar-refractivity contribution in [1.82, 2.24) is 53.6 Å². The van der Waals surface area contributed by atoms with Gasteiger partial charge in [0, 0.05) is 43.4 Å². The fourth-order valence-electron chi connectivity index (χ4n) is 4.05. The molecule has 0 aliphatic rings. The Morgan fingerprint density at radius 2 is 1.19 bits per heavy atom. The molecular formula is C28H29N11O3. The Morgan fingerprint density at radius 1 is 0.643 bits per heavy atom. The van der Waals surface area contributed by atoms with E-state index >= 15 is 0 Å². The van der Waals surface area contributed by atoms with E-state index in [0.29, 0.717) is 40.5 Å². The van der Waals surface area contributed by atoms with Crippen molar-refractivity contribution in [2.45, 2.75) is 39.5 Å². The van der Waals surface area contributed by atoms with Gasteiger partial charge in [0.25, 0.3) is 0 Å². The van der Waals surface area contributed by atoms with E-state index in [1.54, 1.807) is 94.4 Å². The molecule has 0 amide bonds. The first-order valence-electron chi connectivity index (χ1n) is 13.1. The van der Waals surface area contributed by atoms with E-state index in [-0.39, 0.29) is 23.6 Å². The van der Waals surface area contributed by atoms with E-state index < -0.39 is 0 Å². The fourth-order valence-corrected chi connectivity index (χ4v) is 4.05. The molecule has 0 radical (unpaired) electrons. The zero-order chi connectivity index (χ0) is 29.6. The fraction of sp³-hybridized carbons (Fsp3) is 0.214. The molecule has 0 bridgehead atoms. The summed E-state index contributed by atoms with van der Waals surface area (Å²) in [7, 11) is 0. The highest BCUT2D eigenvalue weighted by atomic mass is 16.5. The van der Waals surface area contributed by atoms with Gasteiger partial charge in [-0.2, -0.15) is 19.9 Å². The van der Waals surface area contributed by atoms with Crippen molar-refractivity contribution in [1.29, 1.82) is 0 Å². The average molecular weight is 568 g/mol. The van der Waals surface area contributed by atoms with E-state index in [0.717, 1.165) is 0 Å². The first-order valence-corrected chi connectivity index (χ1v) is 13.1. The normalized spacial score (nSPS) is 11.0. The Morgan fingerprint density at radius 3 is 1.69 bits per heavy atom. The number of aromatic hydroxyl groups is 2. The van der Waals surface area contributed by atoms with Crippen LogP contribution in [-0.4, -0.2) is 63.8 Å². The van der Waals surface area contributed by atoms with Crippen LogP contribution < -0.4 is 4.74 Å². The highest BCUT2D eigenvalue weighted by Crippen LogP contribution is 2.34. The molecule has 6 aromatic rings. The van der Waals surface area contributed by atoms with Crippen molar-refractivity contribution in [2.24, 2.45) is 0 Å². The standard InChI is InChI=1S/C15H15N5O2.C13H14N6O/c1-10(2)12-13(21)18-15(20-7-6-17-9-20)19-14(12)22-11-4-3-5-16-8-11;1-9(2)10-11(18-5-3-14-7-18)16-13(17-12(10)20)19-6-4-15-8-19/h3-10H,1-2H3,(H,18,19,21);3-9H,1-2H3,(H,16,17,20). The van der Waals surface area contributed by atoms with E-state index in [9.17, 15) is 10.2 Å². The maximum absolute atomic E-state index is 10.2. The number of imidazole rings is 3. The van der Waals surface area contributed by atoms with Gasteiger partial charge in [-0.15, -0.1) is 0 Å². The van der Waals surface area contributed by atoms with Gasteiger partial charge in [0.2, 0.25) is 29.5 Å². The van der Waals surface area contributed by atoms with Crippen LogP contribution in [0, 0.1) is 0 Å². The molecule has 0 atom stereocenters. The van der Waals surface area contributed by atoms with Crippen LogP contribution in [0.4, 0.5) is 0 Å². The molecule has 0 fully saturated rings. The van der Waals surface area contributed by atoms with Crippen molar-refractivity contribution in [3.05, 3.63) is 91.8 Å². The van der Waals surface area contributed by atoms with Crippen LogP contribution in [0.3, 0.4) is 0 Å². The Kier molecular flexibility index (Phi) is 8.13. The summed E-state index contributed by atoms with van der Waals surface area (Å²) in [4.78, 5) is 33.1. The third-order valence-corrected chi connectivity index (χ3v) is 6.00. The van der Waals surface area contributed by atoms with Gasteiger partial charge in [-0.25, -0.2) is 15.0 Å². The Balaban J connectivity index is 0.000000169. The van der Waals surface area contributed by atoms with Crippen LogP contribution in [0.2, 0.25) is 0 Å². The number of pyridine rings is 1. The third-order valence-electron chi connectivity index (χ3n) is 6.00. The summed E-state index contributed by atoms with van der Waals surface area (Å²) in [5, 5.41) is 20.5. The first kappa shape index (κ1) is 27.9. The lowest BCUT2D eigenvalue weighted by Crippen LogP contribution is -2.09. The molecule has 0 saturated heterocycles. The van der Waals surface area contributed by atoms with Crippen LogP contribution in [0.1, 0.15) is 50.7 Å². The molecule has 14 heteroatoms. The molecule has 2 N–H and O–H groups in total. The molecule has 0 unspecified atom stereocenters. The van der Waals surface area contributed by atoms with Crippen LogP contribution in [0.25, 0.3) is 17.7 Å². The van der Waals surface area contributed by atoms with Crippen LogP contribution in [0.15, 0.2) is 80.7 Å². The van der Waals surface area contributed by atoms with Gasteiger partial charge in [-0.1, -0.05) is 27.7 Å². The molecule has 6 rings (SSSR count). The van der Waals surface area contributed by atoms with E-state index in [2.05, 4.69) is 39.9 Å². The number of aromatic nitrogens is 11. The van der Waals surface area contributed by atoms with Crippen molar-refractivity contribution >= 4 is 0 Å². The summed E-state index contributed by atoms with van der Waals surface area (Å²) in [5.41, 5.74) is 1.24. The molecule has 0 aliphatic heterocycles. The second-order valence-electron chi connectivity index (χ2n) is 9.66. The van der Waals surface area contributed by atoms with Crippen molar-refractivity contribution in [3.8, 4) is 41.1 Å². The summed E-state index contributed by atoms with van der Waals surface area (Å²) >= 11 is 0. The molecular weight excluding hydrogens is 538 g/mol. The molecule has 0 spiro atoms. The van der Waals surface area contributed by atoms with Crippen molar-refractivity contribution < 1.29 is 14.9 Å². The number of ether oxygens (including phenoxy) is 1. The molecule has 214 valence electrons. The van der Waals surface area contributed by atoms with E-state index in [1.165, 1.54) is 0 Å². The molecule has 6 aromatic heterocycles. The lowest BCUT2D eigenvalue weighted by molar-refractivity contribution is 0.408. The summed E-state index contributed by atoms with van der Waals surface area (Å²) < 4.78 is 10.8. The summed E-state index contributed by atoms with van der Waals surface area (Å²) in [6.45, 7) is 7.84. The highest BCUT2D eigenvalue weighted by Gasteiger charge is 2.20. The number of rotatable bonds is 7. The smallest absolute Gasteiger partial charge is 0.241 e. The number of nitrogens with zero attached hydrogens (tertiary/aromatic N) is 11. The minimum absolute atomic E-state index is 0.00325. The lowest BCUT2D eigenvalue weighted by Gasteiger charge is -2.15. The Labute approximate surface area is 241 Å². The van der Waals surface area contributed by atoms with Gasteiger partial charge >= 0.3 is 0 Å². The summed E-state index contributed by atoms with van der Waals surface area (Å²) in [5.74, 6) is 2.08. The SMILES string of the molecule is CC(C)c1c(O)nc(-n2ccnc2)nc1-n1ccnc1.CC(C)c1c(O)nc(-n2ccnc2)nc1Oc1cccnc1. The van der Waals surface area contributed by atoms with Crippen LogP contribution >= 0.6 is 0 Å². The van der Waals surface area contributed by atoms with Crippen molar-refractivity contribution in [2.75, 3.05) is 0 Å².